The van der Waals surface area contributed by atoms with Gasteiger partial charge in [-0.3, -0.25) is 4.40 Å². The number of aromatic nitrogens is 7. The van der Waals surface area contributed by atoms with Gasteiger partial charge in [-0.2, -0.15) is 5.10 Å². The van der Waals surface area contributed by atoms with E-state index in [0.717, 1.165) is 55.2 Å². The van der Waals surface area contributed by atoms with E-state index in [0.29, 0.717) is 0 Å². The number of hydrogen-bond donors (Lipinski definition) is 1. The molecule has 7 aromatic rings. The van der Waals surface area contributed by atoms with Gasteiger partial charge in [0.15, 0.2) is 0 Å². The molecule has 7 nitrogen and oxygen atoms in total. The van der Waals surface area contributed by atoms with Crippen molar-refractivity contribution in [3.05, 3.63) is 84.1 Å². The Bertz CT molecular complexity index is 1670. The van der Waals surface area contributed by atoms with Crippen molar-refractivity contribution in [1.82, 2.24) is 34.0 Å². The van der Waals surface area contributed by atoms with Crippen LogP contribution in [0.2, 0.25) is 0 Å². The van der Waals surface area contributed by atoms with E-state index >= 15 is 0 Å². The molecule has 0 aliphatic rings. The number of hydrogen-bond acceptors (Lipinski definition) is 6. The first-order valence-electron chi connectivity index (χ1n) is 10.3. The summed E-state index contributed by atoms with van der Waals surface area (Å²) in [6, 6.07) is 16.4. The standard InChI is InChI=1S/C24H15N7S2/c1-2-11-30-15(4-1)14-17(29-30)20-22(18-5-3-12-32-18)31-19(28-20)7-6-16(23-25-8-9-26-23)21(31)24-27-10-13-33-24/h1-14H,(H,25,26). The highest BCUT2D eigenvalue weighted by Gasteiger charge is 2.25. The zero-order valence-corrected chi connectivity index (χ0v) is 18.7. The molecule has 0 aromatic carbocycles. The third-order valence-electron chi connectivity index (χ3n) is 5.54. The molecule has 0 saturated heterocycles. The minimum absolute atomic E-state index is 0.794. The number of rotatable bonds is 4. The highest BCUT2D eigenvalue weighted by atomic mass is 32.1. The molecule has 0 aliphatic heterocycles. The van der Waals surface area contributed by atoms with Gasteiger partial charge in [0.25, 0.3) is 0 Å². The SMILES string of the molecule is c1csc(-c2c(-c3cc4ccccn4n3)nc3ccc(-c4ncc[nH]4)c(-c4nccs4)n23)c1. The van der Waals surface area contributed by atoms with Gasteiger partial charge < -0.3 is 4.98 Å². The maximum atomic E-state index is 5.07. The van der Waals surface area contributed by atoms with Crippen LogP contribution in [0.3, 0.4) is 0 Å². The lowest BCUT2D eigenvalue weighted by Gasteiger charge is -2.11. The normalized spacial score (nSPS) is 11.6. The Balaban J connectivity index is 1.62. The average molecular weight is 466 g/mol. The topological polar surface area (TPSA) is 76.2 Å². The first-order chi connectivity index (χ1) is 16.4. The van der Waals surface area contributed by atoms with Gasteiger partial charge in [-0.05, 0) is 41.8 Å². The van der Waals surface area contributed by atoms with Crippen molar-refractivity contribution in [3.8, 4) is 44.0 Å². The molecule has 1 N–H and O–H groups in total. The number of thiazole rings is 1. The van der Waals surface area contributed by atoms with Gasteiger partial charge in [-0.25, -0.2) is 19.5 Å². The molecule has 0 spiro atoms. The number of pyridine rings is 2. The molecule has 0 fully saturated rings. The van der Waals surface area contributed by atoms with Crippen LogP contribution in [0.4, 0.5) is 0 Å². The molecule has 158 valence electrons. The Morgan fingerprint density at radius 3 is 2.67 bits per heavy atom. The van der Waals surface area contributed by atoms with E-state index in [1.54, 1.807) is 28.9 Å². The Labute approximate surface area is 195 Å². The summed E-state index contributed by atoms with van der Waals surface area (Å²) in [6.45, 7) is 0. The molecule has 0 unspecified atom stereocenters. The van der Waals surface area contributed by atoms with E-state index < -0.39 is 0 Å². The predicted octanol–water partition coefficient (Wildman–Crippen LogP) is 5.89. The predicted molar refractivity (Wildman–Crippen MR) is 131 cm³/mol. The van der Waals surface area contributed by atoms with E-state index in [1.165, 1.54) is 0 Å². The van der Waals surface area contributed by atoms with Gasteiger partial charge in [-0.15, -0.1) is 22.7 Å². The maximum Gasteiger partial charge on any atom is 0.140 e. The number of thiophene rings is 1. The lowest BCUT2D eigenvalue weighted by atomic mass is 10.1. The third-order valence-corrected chi connectivity index (χ3v) is 7.19. The van der Waals surface area contributed by atoms with Crippen LogP contribution in [-0.2, 0) is 0 Å². The summed E-state index contributed by atoms with van der Waals surface area (Å²) in [6.07, 6.45) is 7.38. The number of imidazole rings is 2. The highest BCUT2D eigenvalue weighted by Crippen LogP contribution is 2.41. The van der Waals surface area contributed by atoms with Crippen molar-refractivity contribution in [2.24, 2.45) is 0 Å². The van der Waals surface area contributed by atoms with Crippen molar-refractivity contribution in [2.45, 2.75) is 0 Å². The molecule has 33 heavy (non-hydrogen) atoms. The summed E-state index contributed by atoms with van der Waals surface area (Å²) >= 11 is 3.28. The van der Waals surface area contributed by atoms with Crippen LogP contribution < -0.4 is 0 Å². The smallest absolute Gasteiger partial charge is 0.140 e. The molecule has 0 bridgehead atoms. The molecule has 7 heterocycles. The van der Waals surface area contributed by atoms with Crippen LogP contribution in [0, 0.1) is 0 Å². The summed E-state index contributed by atoms with van der Waals surface area (Å²) in [5.74, 6) is 0.794. The van der Waals surface area contributed by atoms with Crippen LogP contribution in [-0.4, -0.2) is 34.0 Å². The maximum absolute atomic E-state index is 5.07. The van der Waals surface area contributed by atoms with Gasteiger partial charge in [0, 0.05) is 35.7 Å². The monoisotopic (exact) mass is 465 g/mol. The Morgan fingerprint density at radius 1 is 0.879 bits per heavy atom. The van der Waals surface area contributed by atoms with E-state index in [-0.39, 0.29) is 0 Å². The second-order valence-corrected chi connectivity index (χ2v) is 9.29. The minimum Gasteiger partial charge on any atom is -0.345 e. The van der Waals surface area contributed by atoms with E-state index in [9.17, 15) is 0 Å². The summed E-state index contributed by atoms with van der Waals surface area (Å²) in [5.41, 5.74) is 6.47. The second-order valence-electron chi connectivity index (χ2n) is 7.45. The molecule has 7 aromatic heterocycles. The van der Waals surface area contributed by atoms with Gasteiger partial charge >= 0.3 is 0 Å². The quantitative estimate of drug-likeness (QED) is 0.352. The van der Waals surface area contributed by atoms with Gasteiger partial charge in [0.2, 0.25) is 0 Å². The fourth-order valence-electron chi connectivity index (χ4n) is 4.16. The molecular weight excluding hydrogens is 450 g/mol. The van der Waals surface area contributed by atoms with Crippen molar-refractivity contribution in [3.63, 3.8) is 0 Å². The first-order valence-corrected chi connectivity index (χ1v) is 12.1. The fourth-order valence-corrected chi connectivity index (χ4v) is 5.61. The van der Waals surface area contributed by atoms with Crippen molar-refractivity contribution < 1.29 is 0 Å². The molecule has 0 radical (unpaired) electrons. The zero-order chi connectivity index (χ0) is 21.8. The average Bonchev–Trinajstić information content (AvgIpc) is 3.68. The number of aromatic amines is 1. The van der Waals surface area contributed by atoms with Crippen LogP contribution in [0.25, 0.3) is 55.2 Å². The lowest BCUT2D eigenvalue weighted by Crippen LogP contribution is -1.98. The number of nitrogens with zero attached hydrogens (tertiary/aromatic N) is 6. The molecule has 0 atom stereocenters. The number of nitrogens with one attached hydrogen (secondary N) is 1. The van der Waals surface area contributed by atoms with Gasteiger partial charge in [0.1, 0.15) is 27.9 Å². The van der Waals surface area contributed by atoms with Crippen molar-refractivity contribution >= 4 is 33.8 Å². The largest absolute Gasteiger partial charge is 0.345 e. The van der Waals surface area contributed by atoms with E-state index in [2.05, 4.69) is 49.0 Å². The highest BCUT2D eigenvalue weighted by molar-refractivity contribution is 7.13. The summed E-state index contributed by atoms with van der Waals surface area (Å²) in [5, 5.41) is 9.81. The fraction of sp³-hybridized carbons (Fsp3) is 0. The molecular formula is C24H15N7S2. The third kappa shape index (κ3) is 2.86. The van der Waals surface area contributed by atoms with Crippen molar-refractivity contribution in [2.75, 3.05) is 0 Å². The first kappa shape index (κ1) is 18.5. The zero-order valence-electron chi connectivity index (χ0n) is 17.1. The molecule has 7 rings (SSSR count). The summed E-state index contributed by atoms with van der Waals surface area (Å²) < 4.78 is 4.08. The second kappa shape index (κ2) is 7.22. The van der Waals surface area contributed by atoms with E-state index in [4.69, 9.17) is 10.1 Å². The van der Waals surface area contributed by atoms with Crippen molar-refractivity contribution in [1.29, 1.82) is 0 Å². The van der Waals surface area contributed by atoms with Crippen LogP contribution in [0.15, 0.2) is 84.1 Å². The summed E-state index contributed by atoms with van der Waals surface area (Å²) in [4.78, 5) is 18.6. The van der Waals surface area contributed by atoms with Crippen LogP contribution >= 0.6 is 22.7 Å². The van der Waals surface area contributed by atoms with Gasteiger partial charge in [-0.1, -0.05) is 12.1 Å². The number of H-pyrrole nitrogens is 1. The molecule has 0 aliphatic carbocycles. The molecule has 0 saturated carbocycles. The molecule has 9 heteroatoms. The Kier molecular flexibility index (Phi) is 4.05. The Hall–Kier alpha value is -4.08. The van der Waals surface area contributed by atoms with Gasteiger partial charge in [0.05, 0.1) is 21.8 Å². The Morgan fingerprint density at radius 2 is 1.88 bits per heavy atom. The minimum atomic E-state index is 0.794. The van der Waals surface area contributed by atoms with Crippen LogP contribution in [0.1, 0.15) is 0 Å². The summed E-state index contributed by atoms with van der Waals surface area (Å²) in [7, 11) is 0. The number of fused-ring (bicyclic) bond motifs is 2. The van der Waals surface area contributed by atoms with Crippen LogP contribution in [0.5, 0.6) is 0 Å². The lowest BCUT2D eigenvalue weighted by molar-refractivity contribution is 0.963. The van der Waals surface area contributed by atoms with E-state index in [1.807, 2.05) is 52.8 Å². The molecule has 0 amide bonds.